The molecule has 2 N–H and O–H groups in total. The fourth-order valence-corrected chi connectivity index (χ4v) is 4.47. The summed E-state index contributed by atoms with van der Waals surface area (Å²) in [5, 5.41) is 6.96. The van der Waals surface area contributed by atoms with Crippen LogP contribution < -0.4 is 15.5 Å². The van der Waals surface area contributed by atoms with Gasteiger partial charge in [0.05, 0.1) is 41.1 Å². The first-order valence-corrected chi connectivity index (χ1v) is 10.7. The van der Waals surface area contributed by atoms with E-state index < -0.39 is 0 Å². The molecular formula is C20H25N5O3S. The van der Waals surface area contributed by atoms with E-state index in [1.165, 1.54) is 4.88 Å². The fraction of sp³-hybridized carbons (Fsp3) is 0.500. The fourth-order valence-electron chi connectivity index (χ4n) is 3.53. The number of carbonyl (C=O) groups is 2. The van der Waals surface area contributed by atoms with Crippen LogP contribution in [0.4, 0.5) is 11.5 Å². The summed E-state index contributed by atoms with van der Waals surface area (Å²) in [6.07, 6.45) is 4.22. The minimum Gasteiger partial charge on any atom is -0.376 e. The Labute approximate surface area is 173 Å². The number of rotatable bonds is 6. The van der Waals surface area contributed by atoms with Gasteiger partial charge in [0, 0.05) is 30.6 Å². The summed E-state index contributed by atoms with van der Waals surface area (Å²) in [6.45, 7) is 5.96. The van der Waals surface area contributed by atoms with Crippen LogP contribution in [0.5, 0.6) is 0 Å². The summed E-state index contributed by atoms with van der Waals surface area (Å²) >= 11 is 1.66. The van der Waals surface area contributed by atoms with Crippen LogP contribution in [0.15, 0.2) is 12.3 Å². The quantitative estimate of drug-likeness (QED) is 0.750. The number of nitrogens with one attached hydrogen (secondary N) is 2. The highest BCUT2D eigenvalue weighted by atomic mass is 32.1. The molecule has 1 unspecified atom stereocenters. The summed E-state index contributed by atoms with van der Waals surface area (Å²) in [6, 6.07) is 1.73. The van der Waals surface area contributed by atoms with E-state index in [1.54, 1.807) is 28.5 Å². The average Bonchev–Trinajstić information content (AvgIpc) is 3.33. The van der Waals surface area contributed by atoms with Crippen molar-refractivity contribution in [1.29, 1.82) is 0 Å². The van der Waals surface area contributed by atoms with Crippen LogP contribution in [0.3, 0.4) is 0 Å². The van der Waals surface area contributed by atoms with Gasteiger partial charge in [-0.2, -0.15) is 0 Å². The van der Waals surface area contributed by atoms with E-state index >= 15 is 0 Å². The number of anilines is 2. The van der Waals surface area contributed by atoms with E-state index in [4.69, 9.17) is 4.74 Å². The van der Waals surface area contributed by atoms with Crippen molar-refractivity contribution in [3.63, 3.8) is 0 Å². The smallest absolute Gasteiger partial charge is 0.252 e. The monoisotopic (exact) mass is 415 g/mol. The molecule has 2 aliphatic heterocycles. The van der Waals surface area contributed by atoms with Crippen LogP contribution in [0.1, 0.15) is 38.8 Å². The largest absolute Gasteiger partial charge is 0.376 e. The summed E-state index contributed by atoms with van der Waals surface area (Å²) in [7, 11) is 0. The Bertz CT molecular complexity index is 903. The molecule has 2 aromatic heterocycles. The Hall–Kier alpha value is -2.52. The molecule has 1 saturated heterocycles. The highest BCUT2D eigenvalue weighted by Crippen LogP contribution is 2.30. The maximum absolute atomic E-state index is 12.6. The number of aromatic nitrogens is 2. The van der Waals surface area contributed by atoms with Gasteiger partial charge in [0.25, 0.3) is 5.91 Å². The maximum atomic E-state index is 12.6. The molecule has 154 valence electrons. The summed E-state index contributed by atoms with van der Waals surface area (Å²) in [5.74, 6) is 0.370. The van der Waals surface area contributed by atoms with Crippen molar-refractivity contribution in [1.82, 2.24) is 15.3 Å². The molecule has 2 aromatic rings. The average molecular weight is 416 g/mol. The second kappa shape index (κ2) is 8.46. The molecule has 0 bridgehead atoms. The zero-order valence-corrected chi connectivity index (χ0v) is 17.5. The van der Waals surface area contributed by atoms with E-state index in [2.05, 4.69) is 20.6 Å². The van der Waals surface area contributed by atoms with Crippen LogP contribution in [-0.4, -0.2) is 54.1 Å². The molecule has 2 aliphatic rings. The zero-order valence-electron chi connectivity index (χ0n) is 16.7. The van der Waals surface area contributed by atoms with Crippen molar-refractivity contribution < 1.29 is 14.3 Å². The van der Waals surface area contributed by atoms with E-state index in [9.17, 15) is 9.59 Å². The SMILES string of the molecule is Cc1nc(CCNC(=O)c2cnc3c(c2)N(CC2CCCO2)C(=O)CN3)sc1C. The predicted octanol–water partition coefficient (Wildman–Crippen LogP) is 2.06. The third-order valence-electron chi connectivity index (χ3n) is 5.24. The lowest BCUT2D eigenvalue weighted by molar-refractivity contribution is -0.117. The molecule has 0 aliphatic carbocycles. The molecule has 9 heteroatoms. The van der Waals surface area contributed by atoms with Gasteiger partial charge in [0.2, 0.25) is 5.91 Å². The lowest BCUT2D eigenvalue weighted by Crippen LogP contribution is -2.44. The van der Waals surface area contributed by atoms with Gasteiger partial charge in [0.1, 0.15) is 5.82 Å². The number of hydrogen-bond acceptors (Lipinski definition) is 7. The zero-order chi connectivity index (χ0) is 20.4. The molecule has 0 radical (unpaired) electrons. The van der Waals surface area contributed by atoms with Crippen molar-refractivity contribution in [2.75, 3.05) is 36.5 Å². The molecule has 4 rings (SSSR count). The number of ether oxygens (including phenoxy) is 1. The first-order valence-electron chi connectivity index (χ1n) is 9.88. The number of carbonyl (C=O) groups excluding carboxylic acids is 2. The van der Waals surface area contributed by atoms with Crippen LogP contribution in [0.25, 0.3) is 0 Å². The van der Waals surface area contributed by atoms with Crippen molar-refractivity contribution in [3.8, 4) is 0 Å². The Balaban J connectivity index is 1.43. The van der Waals surface area contributed by atoms with Gasteiger partial charge in [-0.3, -0.25) is 9.59 Å². The molecule has 0 aromatic carbocycles. The third-order valence-corrected chi connectivity index (χ3v) is 6.37. The highest BCUT2D eigenvalue weighted by molar-refractivity contribution is 7.11. The molecular weight excluding hydrogens is 390 g/mol. The second-order valence-electron chi connectivity index (χ2n) is 7.34. The topological polar surface area (TPSA) is 96.5 Å². The van der Waals surface area contributed by atoms with Crippen molar-refractivity contribution in [3.05, 3.63) is 33.4 Å². The third kappa shape index (κ3) is 4.40. The van der Waals surface area contributed by atoms with Gasteiger partial charge in [-0.1, -0.05) is 0 Å². The van der Waals surface area contributed by atoms with Crippen LogP contribution in [0.2, 0.25) is 0 Å². The highest BCUT2D eigenvalue weighted by Gasteiger charge is 2.29. The van der Waals surface area contributed by atoms with Gasteiger partial charge >= 0.3 is 0 Å². The van der Waals surface area contributed by atoms with Gasteiger partial charge in [-0.15, -0.1) is 11.3 Å². The number of pyridine rings is 1. The van der Waals surface area contributed by atoms with E-state index in [0.717, 1.165) is 30.2 Å². The van der Waals surface area contributed by atoms with Crippen molar-refractivity contribution in [2.24, 2.45) is 0 Å². The van der Waals surface area contributed by atoms with Crippen molar-refractivity contribution >= 4 is 34.7 Å². The van der Waals surface area contributed by atoms with Crippen LogP contribution >= 0.6 is 11.3 Å². The summed E-state index contributed by atoms with van der Waals surface area (Å²) in [5.41, 5.74) is 2.11. The number of thiazole rings is 1. The molecule has 29 heavy (non-hydrogen) atoms. The van der Waals surface area contributed by atoms with Crippen LogP contribution in [0, 0.1) is 13.8 Å². The minimum atomic E-state index is -0.208. The maximum Gasteiger partial charge on any atom is 0.252 e. The standard InChI is InChI=1S/C20H25N5O3S/c1-12-13(2)29-17(24-12)5-6-21-20(27)14-8-16-19(22-9-14)23-10-18(26)25(16)11-15-4-3-7-28-15/h8-9,15H,3-7,10-11H2,1-2H3,(H,21,27)(H,22,23). The van der Waals surface area contributed by atoms with Crippen molar-refractivity contribution in [2.45, 2.75) is 39.2 Å². The minimum absolute atomic E-state index is 0.0348. The number of aryl methyl sites for hydroxylation is 2. The molecule has 0 saturated carbocycles. The number of nitrogens with zero attached hydrogens (tertiary/aromatic N) is 3. The molecule has 8 nitrogen and oxygen atoms in total. The van der Waals surface area contributed by atoms with Gasteiger partial charge in [-0.05, 0) is 32.8 Å². The Morgan fingerprint density at radius 3 is 3.03 bits per heavy atom. The lowest BCUT2D eigenvalue weighted by Gasteiger charge is -2.31. The summed E-state index contributed by atoms with van der Waals surface area (Å²) in [4.78, 5) is 36.8. The van der Waals surface area contributed by atoms with Gasteiger partial charge < -0.3 is 20.3 Å². The number of fused-ring (bicyclic) bond motifs is 1. The molecule has 1 atom stereocenters. The Morgan fingerprint density at radius 2 is 2.31 bits per heavy atom. The second-order valence-corrected chi connectivity index (χ2v) is 8.63. The molecule has 4 heterocycles. The van der Waals surface area contributed by atoms with E-state index in [0.29, 0.717) is 36.6 Å². The van der Waals surface area contributed by atoms with Gasteiger partial charge in [0.15, 0.2) is 0 Å². The number of hydrogen-bond donors (Lipinski definition) is 2. The number of amides is 2. The molecule has 0 spiro atoms. The molecule has 2 amide bonds. The first kappa shape index (κ1) is 19.8. The predicted molar refractivity (Wildman–Crippen MR) is 112 cm³/mol. The normalized spacial score (nSPS) is 18.5. The van der Waals surface area contributed by atoms with Crippen LogP contribution in [-0.2, 0) is 16.0 Å². The molecule has 1 fully saturated rings. The lowest BCUT2D eigenvalue weighted by atomic mass is 10.1. The first-order chi connectivity index (χ1) is 14.0. The van der Waals surface area contributed by atoms with Gasteiger partial charge in [-0.25, -0.2) is 9.97 Å². The Morgan fingerprint density at radius 1 is 1.45 bits per heavy atom. The Kier molecular flexibility index (Phi) is 5.77. The van der Waals surface area contributed by atoms with E-state index in [-0.39, 0.29) is 24.5 Å². The van der Waals surface area contributed by atoms with E-state index in [1.807, 2.05) is 13.8 Å². The summed E-state index contributed by atoms with van der Waals surface area (Å²) < 4.78 is 5.68.